The molecule has 0 spiro atoms. The zero-order valence-corrected chi connectivity index (χ0v) is 8.68. The molecule has 4 heteroatoms. The average Bonchev–Trinajstić information content (AvgIpc) is 2.26. The fourth-order valence-corrected chi connectivity index (χ4v) is 1.45. The molecule has 0 aromatic carbocycles. The quantitative estimate of drug-likeness (QED) is 0.773. The molecule has 1 aromatic rings. The second-order valence-electron chi connectivity index (χ2n) is 3.45. The van der Waals surface area contributed by atoms with Gasteiger partial charge >= 0.3 is 5.97 Å². The van der Waals surface area contributed by atoms with E-state index in [9.17, 15) is 4.79 Å². The smallest absolute Gasteiger partial charge is 0.337 e. The molecule has 2 N–H and O–H groups in total. The molecule has 0 amide bonds. The molecule has 0 radical (unpaired) electrons. The van der Waals surface area contributed by atoms with E-state index in [4.69, 9.17) is 10.2 Å². The maximum absolute atomic E-state index is 10.6. The first kappa shape index (κ1) is 11.7. The number of carboxylic acids is 1. The van der Waals surface area contributed by atoms with E-state index >= 15 is 0 Å². The lowest BCUT2D eigenvalue weighted by Crippen LogP contribution is -2.07. The summed E-state index contributed by atoms with van der Waals surface area (Å²) in [6, 6.07) is 3.18. The monoisotopic (exact) mass is 209 g/mol. The Morgan fingerprint density at radius 1 is 1.53 bits per heavy atom. The standard InChI is InChI=1S/C11H15NO3/c1-2-3-9(7-13)10-5-4-8(6-12-10)11(14)15/h4-6,9,13H,2-3,7H2,1H3,(H,14,15). The number of aromatic carboxylic acids is 1. The maximum Gasteiger partial charge on any atom is 0.337 e. The van der Waals surface area contributed by atoms with Crippen LogP contribution in [0.2, 0.25) is 0 Å². The van der Waals surface area contributed by atoms with Gasteiger partial charge in [0.15, 0.2) is 0 Å². The summed E-state index contributed by atoms with van der Waals surface area (Å²) in [6.45, 7) is 2.08. The van der Waals surface area contributed by atoms with Gasteiger partial charge in [-0.1, -0.05) is 13.3 Å². The van der Waals surface area contributed by atoms with Gasteiger partial charge in [0, 0.05) is 17.8 Å². The summed E-state index contributed by atoms with van der Waals surface area (Å²) in [7, 11) is 0. The normalized spacial score (nSPS) is 12.4. The summed E-state index contributed by atoms with van der Waals surface area (Å²) >= 11 is 0. The molecule has 0 aliphatic carbocycles. The zero-order chi connectivity index (χ0) is 11.3. The highest BCUT2D eigenvalue weighted by atomic mass is 16.4. The van der Waals surface area contributed by atoms with Crippen LogP contribution in [0.5, 0.6) is 0 Å². The van der Waals surface area contributed by atoms with Gasteiger partial charge in [0.1, 0.15) is 0 Å². The van der Waals surface area contributed by atoms with Crippen molar-refractivity contribution in [3.63, 3.8) is 0 Å². The van der Waals surface area contributed by atoms with Crippen molar-refractivity contribution in [1.82, 2.24) is 4.98 Å². The number of rotatable bonds is 5. The van der Waals surface area contributed by atoms with E-state index in [-0.39, 0.29) is 18.1 Å². The SMILES string of the molecule is CCCC(CO)c1ccc(C(=O)O)cn1. The van der Waals surface area contributed by atoms with Crippen molar-refractivity contribution < 1.29 is 15.0 Å². The van der Waals surface area contributed by atoms with Gasteiger partial charge in [-0.05, 0) is 18.6 Å². The lowest BCUT2D eigenvalue weighted by atomic mass is 10.00. The van der Waals surface area contributed by atoms with Gasteiger partial charge in [-0.2, -0.15) is 0 Å². The van der Waals surface area contributed by atoms with Gasteiger partial charge in [0.05, 0.1) is 12.2 Å². The number of carbonyl (C=O) groups is 1. The minimum atomic E-state index is -0.981. The van der Waals surface area contributed by atoms with Crippen molar-refractivity contribution in [2.75, 3.05) is 6.61 Å². The Hall–Kier alpha value is -1.42. The third-order valence-electron chi connectivity index (χ3n) is 2.31. The highest BCUT2D eigenvalue weighted by Gasteiger charge is 2.11. The molecule has 1 aromatic heterocycles. The zero-order valence-electron chi connectivity index (χ0n) is 8.68. The summed E-state index contributed by atoms with van der Waals surface area (Å²) < 4.78 is 0. The molecule has 15 heavy (non-hydrogen) atoms. The van der Waals surface area contributed by atoms with E-state index in [2.05, 4.69) is 4.98 Å². The highest BCUT2D eigenvalue weighted by Crippen LogP contribution is 2.18. The summed E-state index contributed by atoms with van der Waals surface area (Å²) in [6.07, 6.45) is 3.15. The third kappa shape index (κ3) is 3.02. The van der Waals surface area contributed by atoms with Crippen LogP contribution in [-0.4, -0.2) is 27.8 Å². The Bertz CT molecular complexity index is 321. The summed E-state index contributed by atoms with van der Waals surface area (Å²) in [5.74, 6) is -0.970. The Morgan fingerprint density at radius 2 is 2.27 bits per heavy atom. The van der Waals surface area contributed by atoms with Crippen LogP contribution < -0.4 is 0 Å². The Kier molecular flexibility index (Phi) is 4.24. The van der Waals surface area contributed by atoms with Gasteiger partial charge in [-0.3, -0.25) is 4.98 Å². The van der Waals surface area contributed by atoms with Crippen molar-refractivity contribution in [2.45, 2.75) is 25.7 Å². The van der Waals surface area contributed by atoms with E-state index in [0.717, 1.165) is 18.5 Å². The number of nitrogens with zero attached hydrogens (tertiary/aromatic N) is 1. The van der Waals surface area contributed by atoms with Crippen molar-refractivity contribution in [2.24, 2.45) is 0 Å². The molecule has 82 valence electrons. The average molecular weight is 209 g/mol. The number of aliphatic hydroxyl groups excluding tert-OH is 1. The lowest BCUT2D eigenvalue weighted by Gasteiger charge is -2.11. The molecule has 0 fully saturated rings. The van der Waals surface area contributed by atoms with E-state index in [0.29, 0.717) is 0 Å². The van der Waals surface area contributed by atoms with Crippen LogP contribution in [-0.2, 0) is 0 Å². The largest absolute Gasteiger partial charge is 0.478 e. The van der Waals surface area contributed by atoms with E-state index in [1.54, 1.807) is 6.07 Å². The molecule has 0 bridgehead atoms. The predicted octanol–water partition coefficient (Wildman–Crippen LogP) is 1.66. The molecule has 1 unspecified atom stereocenters. The van der Waals surface area contributed by atoms with Crippen molar-refractivity contribution in [3.8, 4) is 0 Å². The summed E-state index contributed by atoms with van der Waals surface area (Å²) in [5, 5.41) is 17.8. The van der Waals surface area contributed by atoms with Crippen LogP contribution in [0.4, 0.5) is 0 Å². The van der Waals surface area contributed by atoms with Crippen LogP contribution >= 0.6 is 0 Å². The molecule has 0 aliphatic rings. The van der Waals surface area contributed by atoms with E-state index in [1.807, 2.05) is 6.92 Å². The molecular formula is C11H15NO3. The second kappa shape index (κ2) is 5.46. The second-order valence-corrected chi connectivity index (χ2v) is 3.45. The number of aromatic nitrogens is 1. The molecule has 1 rings (SSSR count). The molecule has 0 saturated heterocycles. The molecule has 1 heterocycles. The molecular weight excluding hydrogens is 194 g/mol. The first-order valence-corrected chi connectivity index (χ1v) is 4.99. The topological polar surface area (TPSA) is 70.4 Å². The van der Waals surface area contributed by atoms with Crippen LogP contribution in [0.1, 0.15) is 41.7 Å². The van der Waals surface area contributed by atoms with Crippen LogP contribution in [0.3, 0.4) is 0 Å². The van der Waals surface area contributed by atoms with Crippen LogP contribution in [0, 0.1) is 0 Å². The number of hydrogen-bond donors (Lipinski definition) is 2. The highest BCUT2D eigenvalue weighted by molar-refractivity contribution is 5.87. The van der Waals surface area contributed by atoms with Gasteiger partial charge in [0.25, 0.3) is 0 Å². The Labute approximate surface area is 88.6 Å². The van der Waals surface area contributed by atoms with E-state index in [1.165, 1.54) is 12.3 Å². The molecule has 4 nitrogen and oxygen atoms in total. The summed E-state index contributed by atoms with van der Waals surface area (Å²) in [5.41, 5.74) is 0.927. The predicted molar refractivity (Wildman–Crippen MR) is 55.9 cm³/mol. The van der Waals surface area contributed by atoms with Crippen molar-refractivity contribution in [3.05, 3.63) is 29.6 Å². The van der Waals surface area contributed by atoms with Gasteiger partial charge in [0.2, 0.25) is 0 Å². The van der Waals surface area contributed by atoms with Gasteiger partial charge < -0.3 is 10.2 Å². The van der Waals surface area contributed by atoms with Crippen molar-refractivity contribution in [1.29, 1.82) is 0 Å². The van der Waals surface area contributed by atoms with Gasteiger partial charge in [-0.15, -0.1) is 0 Å². The number of hydrogen-bond acceptors (Lipinski definition) is 3. The number of carboxylic acid groups (broad SMARTS) is 1. The third-order valence-corrected chi connectivity index (χ3v) is 2.31. The van der Waals surface area contributed by atoms with E-state index < -0.39 is 5.97 Å². The maximum atomic E-state index is 10.6. The summed E-state index contributed by atoms with van der Waals surface area (Å²) in [4.78, 5) is 14.6. The molecule has 0 saturated carbocycles. The Balaban J connectivity index is 2.81. The molecule has 0 aliphatic heterocycles. The first-order chi connectivity index (χ1) is 7.19. The number of aliphatic hydroxyl groups is 1. The van der Waals surface area contributed by atoms with Crippen LogP contribution in [0.15, 0.2) is 18.3 Å². The van der Waals surface area contributed by atoms with Crippen molar-refractivity contribution >= 4 is 5.97 Å². The lowest BCUT2D eigenvalue weighted by molar-refractivity contribution is 0.0696. The fraction of sp³-hybridized carbons (Fsp3) is 0.455. The fourth-order valence-electron chi connectivity index (χ4n) is 1.45. The van der Waals surface area contributed by atoms with Gasteiger partial charge in [-0.25, -0.2) is 4.79 Å². The van der Waals surface area contributed by atoms with Crippen LogP contribution in [0.25, 0.3) is 0 Å². The minimum absolute atomic E-state index is 0.0119. The Morgan fingerprint density at radius 3 is 2.67 bits per heavy atom. The number of pyridine rings is 1. The molecule has 1 atom stereocenters. The first-order valence-electron chi connectivity index (χ1n) is 4.99. The minimum Gasteiger partial charge on any atom is -0.478 e.